The van der Waals surface area contributed by atoms with Crippen LogP contribution in [0.3, 0.4) is 0 Å². The van der Waals surface area contributed by atoms with E-state index in [1.165, 1.54) is 16.6 Å². The third-order valence-electron chi connectivity index (χ3n) is 4.94. The Morgan fingerprint density at radius 1 is 1.03 bits per heavy atom. The highest BCUT2D eigenvalue weighted by Gasteiger charge is 2.18. The highest BCUT2D eigenvalue weighted by atomic mass is 79.9. The maximum atomic E-state index is 11.1. The number of ether oxygens (including phenoxy) is 1. The maximum Gasteiger partial charge on any atom is 0.335 e. The molecule has 33 heavy (non-hydrogen) atoms. The summed E-state index contributed by atoms with van der Waals surface area (Å²) in [6.07, 6.45) is 6.87. The van der Waals surface area contributed by atoms with E-state index in [9.17, 15) is 4.79 Å². The molecule has 0 saturated carbocycles. The topological polar surface area (TPSA) is 129 Å². The van der Waals surface area contributed by atoms with E-state index in [0.717, 1.165) is 22.4 Å². The molecule has 0 saturated heterocycles. The number of nitrogen functional groups attached to an aromatic ring is 1. The van der Waals surface area contributed by atoms with Crippen LogP contribution in [-0.2, 0) is 0 Å². The molecule has 0 radical (unpaired) electrons. The van der Waals surface area contributed by atoms with Crippen molar-refractivity contribution in [2.75, 3.05) is 5.73 Å². The standard InChI is InChI=1S/C23H15BrN6O3/c24-19-20(25)30-21(29-22(19)33-16-6-3-13(4-7-16)23(31)32)17(12-28-30)14-5-8-18(27-11-14)15-2-1-9-26-10-15/h1-12H,25H2,(H,31,32). The lowest BCUT2D eigenvalue weighted by Gasteiger charge is -2.10. The summed E-state index contributed by atoms with van der Waals surface area (Å²) in [4.78, 5) is 24.3. The number of nitrogens with zero attached hydrogens (tertiary/aromatic N) is 5. The van der Waals surface area contributed by atoms with Crippen molar-refractivity contribution < 1.29 is 14.6 Å². The second-order valence-corrected chi connectivity index (χ2v) is 7.81. The Bertz CT molecular complexity index is 1470. The monoisotopic (exact) mass is 502 g/mol. The molecule has 4 heterocycles. The van der Waals surface area contributed by atoms with Gasteiger partial charge in [-0.3, -0.25) is 9.97 Å². The molecule has 162 valence electrons. The van der Waals surface area contributed by atoms with Crippen LogP contribution in [0.25, 0.3) is 28.0 Å². The molecule has 0 aliphatic heterocycles. The molecule has 0 aliphatic rings. The first-order chi connectivity index (χ1) is 16.0. The number of pyridine rings is 2. The van der Waals surface area contributed by atoms with Gasteiger partial charge in [0.2, 0.25) is 5.88 Å². The summed E-state index contributed by atoms with van der Waals surface area (Å²) in [7, 11) is 0. The van der Waals surface area contributed by atoms with Gasteiger partial charge < -0.3 is 15.6 Å². The molecule has 5 rings (SSSR count). The summed E-state index contributed by atoms with van der Waals surface area (Å²) in [6.45, 7) is 0. The van der Waals surface area contributed by atoms with E-state index >= 15 is 0 Å². The van der Waals surface area contributed by atoms with E-state index in [0.29, 0.717) is 21.7 Å². The fraction of sp³-hybridized carbons (Fsp3) is 0. The summed E-state index contributed by atoms with van der Waals surface area (Å²) in [6, 6.07) is 13.6. The van der Waals surface area contributed by atoms with E-state index < -0.39 is 5.97 Å². The minimum atomic E-state index is -1.02. The molecule has 5 aromatic rings. The van der Waals surface area contributed by atoms with Crippen molar-refractivity contribution >= 4 is 33.4 Å². The summed E-state index contributed by atoms with van der Waals surface area (Å²) in [5, 5.41) is 13.4. The number of carboxylic acids is 1. The van der Waals surface area contributed by atoms with Gasteiger partial charge in [0.25, 0.3) is 0 Å². The summed E-state index contributed by atoms with van der Waals surface area (Å²) in [5.41, 5.74) is 10.2. The number of halogens is 1. The third-order valence-corrected chi connectivity index (χ3v) is 5.69. The zero-order valence-electron chi connectivity index (χ0n) is 16.9. The van der Waals surface area contributed by atoms with Gasteiger partial charge in [-0.1, -0.05) is 6.07 Å². The zero-order chi connectivity index (χ0) is 22.9. The minimum Gasteiger partial charge on any atom is -0.478 e. The number of hydrogen-bond acceptors (Lipinski definition) is 7. The predicted molar refractivity (Wildman–Crippen MR) is 125 cm³/mol. The van der Waals surface area contributed by atoms with Gasteiger partial charge in [0.05, 0.1) is 17.5 Å². The molecule has 0 spiro atoms. The molecular weight excluding hydrogens is 488 g/mol. The fourth-order valence-corrected chi connectivity index (χ4v) is 3.60. The van der Waals surface area contributed by atoms with Crippen molar-refractivity contribution in [3.8, 4) is 34.0 Å². The van der Waals surface area contributed by atoms with Crippen LogP contribution < -0.4 is 10.5 Å². The first kappa shape index (κ1) is 20.6. The van der Waals surface area contributed by atoms with Gasteiger partial charge in [-0.05, 0) is 58.4 Å². The summed E-state index contributed by atoms with van der Waals surface area (Å²) in [5.74, 6) is -0.0628. The van der Waals surface area contributed by atoms with Crippen LogP contribution >= 0.6 is 15.9 Å². The SMILES string of the molecule is Nc1c(Br)c(Oc2ccc(C(=O)O)cc2)nc2c(-c3ccc(-c4cccnc4)nc3)cnn12. The quantitative estimate of drug-likeness (QED) is 0.354. The molecule has 10 heteroatoms. The third kappa shape index (κ3) is 3.87. The Balaban J connectivity index is 1.52. The van der Waals surface area contributed by atoms with Gasteiger partial charge in [-0.15, -0.1) is 0 Å². The van der Waals surface area contributed by atoms with Crippen molar-refractivity contribution in [2.24, 2.45) is 0 Å². The number of fused-ring (bicyclic) bond motifs is 1. The lowest BCUT2D eigenvalue weighted by molar-refractivity contribution is 0.0697. The van der Waals surface area contributed by atoms with Gasteiger partial charge in [0.1, 0.15) is 16.0 Å². The van der Waals surface area contributed by atoms with Gasteiger partial charge in [0, 0.05) is 35.3 Å². The maximum absolute atomic E-state index is 11.1. The average Bonchev–Trinajstić information content (AvgIpc) is 3.27. The average molecular weight is 503 g/mol. The number of aromatic nitrogens is 5. The first-order valence-electron chi connectivity index (χ1n) is 9.72. The zero-order valence-corrected chi connectivity index (χ0v) is 18.5. The smallest absolute Gasteiger partial charge is 0.335 e. The van der Waals surface area contributed by atoms with Crippen molar-refractivity contribution in [3.63, 3.8) is 0 Å². The molecule has 0 atom stereocenters. The van der Waals surface area contributed by atoms with Crippen LogP contribution in [-0.4, -0.2) is 35.6 Å². The van der Waals surface area contributed by atoms with Crippen LogP contribution in [0.15, 0.2) is 77.8 Å². The van der Waals surface area contributed by atoms with Crippen LogP contribution in [0.1, 0.15) is 10.4 Å². The normalized spacial score (nSPS) is 10.9. The lowest BCUT2D eigenvalue weighted by atomic mass is 10.1. The van der Waals surface area contributed by atoms with Crippen molar-refractivity contribution in [3.05, 3.63) is 83.4 Å². The van der Waals surface area contributed by atoms with Gasteiger partial charge >= 0.3 is 5.97 Å². The van der Waals surface area contributed by atoms with E-state index in [1.54, 1.807) is 36.9 Å². The van der Waals surface area contributed by atoms with Crippen molar-refractivity contribution in [2.45, 2.75) is 0 Å². The first-order valence-corrected chi connectivity index (χ1v) is 10.5. The molecule has 0 bridgehead atoms. The fourth-order valence-electron chi connectivity index (χ4n) is 3.26. The van der Waals surface area contributed by atoms with Crippen LogP contribution in [0, 0.1) is 0 Å². The molecule has 1 aromatic carbocycles. The highest BCUT2D eigenvalue weighted by molar-refractivity contribution is 9.10. The van der Waals surface area contributed by atoms with Crippen LogP contribution in [0.2, 0.25) is 0 Å². The number of anilines is 1. The Hall–Kier alpha value is -4.31. The number of benzene rings is 1. The number of rotatable bonds is 5. The predicted octanol–water partition coefficient (Wildman–Crippen LogP) is 4.69. The minimum absolute atomic E-state index is 0.157. The van der Waals surface area contributed by atoms with Gasteiger partial charge in [-0.2, -0.15) is 14.6 Å². The summed E-state index contributed by atoms with van der Waals surface area (Å²) >= 11 is 3.41. The lowest BCUT2D eigenvalue weighted by Crippen LogP contribution is -2.04. The number of hydrogen-bond donors (Lipinski definition) is 2. The molecule has 0 fully saturated rings. The number of carbonyl (C=O) groups is 1. The van der Waals surface area contributed by atoms with Crippen LogP contribution in [0.5, 0.6) is 11.6 Å². The Kier molecular flexibility index (Phi) is 5.19. The molecule has 9 nitrogen and oxygen atoms in total. The van der Waals surface area contributed by atoms with E-state index in [1.807, 2.05) is 24.3 Å². The van der Waals surface area contributed by atoms with Crippen LogP contribution in [0.4, 0.5) is 5.82 Å². The molecule has 4 aromatic heterocycles. The van der Waals surface area contributed by atoms with E-state index in [4.69, 9.17) is 15.6 Å². The van der Waals surface area contributed by atoms with Gasteiger partial charge in [0.15, 0.2) is 5.65 Å². The molecular formula is C23H15BrN6O3. The highest BCUT2D eigenvalue weighted by Crippen LogP contribution is 2.35. The molecule has 0 amide bonds. The Morgan fingerprint density at radius 2 is 1.85 bits per heavy atom. The van der Waals surface area contributed by atoms with E-state index in [2.05, 4.69) is 36.0 Å². The second-order valence-electron chi connectivity index (χ2n) is 7.02. The van der Waals surface area contributed by atoms with Gasteiger partial charge in [-0.25, -0.2) is 4.79 Å². The van der Waals surface area contributed by atoms with Crippen molar-refractivity contribution in [1.82, 2.24) is 24.6 Å². The molecule has 0 unspecified atom stereocenters. The second kappa shape index (κ2) is 8.32. The van der Waals surface area contributed by atoms with Crippen molar-refractivity contribution in [1.29, 1.82) is 0 Å². The molecule has 3 N–H and O–H groups in total. The number of carboxylic acid groups (broad SMARTS) is 1. The summed E-state index contributed by atoms with van der Waals surface area (Å²) < 4.78 is 7.81. The van der Waals surface area contributed by atoms with E-state index in [-0.39, 0.29) is 11.4 Å². The molecule has 0 aliphatic carbocycles. The number of aromatic carboxylic acids is 1. The number of nitrogens with two attached hydrogens (primary N) is 1. The largest absolute Gasteiger partial charge is 0.478 e. The Morgan fingerprint density at radius 3 is 2.52 bits per heavy atom. The Labute approximate surface area is 195 Å².